The number of aromatic amines is 1. The van der Waals surface area contributed by atoms with Gasteiger partial charge in [-0.05, 0) is 37.0 Å². The lowest BCUT2D eigenvalue weighted by Gasteiger charge is -2.21. The molecule has 4 rings (SSSR count). The third-order valence-corrected chi connectivity index (χ3v) is 6.24. The van der Waals surface area contributed by atoms with Gasteiger partial charge in [-0.25, -0.2) is 9.97 Å². The number of carbonyl (C=O) groups is 2. The SMILES string of the molecule is CI.Cc1ccc(-c2cnc3c(N(C)C(=O)C(C)C)cc(C(=O)N[C@@H](C)c4ncn[nH]4)cn23)s1. The second-order valence-corrected chi connectivity index (χ2v) is 9.27. The molecule has 4 aromatic rings. The number of nitrogens with zero attached hydrogens (tertiary/aromatic N) is 5. The van der Waals surface area contributed by atoms with Crippen LogP contribution in [0.25, 0.3) is 16.2 Å². The molecule has 180 valence electrons. The lowest BCUT2D eigenvalue weighted by atomic mass is 10.1. The van der Waals surface area contributed by atoms with Crippen LogP contribution in [0.5, 0.6) is 0 Å². The van der Waals surface area contributed by atoms with Gasteiger partial charge in [0, 0.05) is 24.0 Å². The first-order chi connectivity index (χ1) is 16.3. The number of amides is 2. The summed E-state index contributed by atoms with van der Waals surface area (Å²) in [6.07, 6.45) is 4.93. The summed E-state index contributed by atoms with van der Waals surface area (Å²) in [6, 6.07) is 5.42. The number of alkyl halides is 1. The first-order valence-corrected chi connectivity index (χ1v) is 13.6. The van der Waals surface area contributed by atoms with Crippen molar-refractivity contribution >= 4 is 57.1 Å². The molecule has 11 heteroatoms. The number of anilines is 1. The van der Waals surface area contributed by atoms with E-state index >= 15 is 0 Å². The van der Waals surface area contributed by atoms with E-state index in [0.717, 1.165) is 10.6 Å². The van der Waals surface area contributed by atoms with E-state index < -0.39 is 0 Å². The van der Waals surface area contributed by atoms with Gasteiger partial charge in [0.05, 0.1) is 34.1 Å². The first kappa shape index (κ1) is 25.8. The predicted octanol–water partition coefficient (Wildman–Crippen LogP) is 4.65. The number of thiophene rings is 1. The summed E-state index contributed by atoms with van der Waals surface area (Å²) >= 11 is 3.80. The van der Waals surface area contributed by atoms with E-state index in [1.807, 2.05) is 49.2 Å². The highest BCUT2D eigenvalue weighted by Gasteiger charge is 2.23. The molecule has 0 fully saturated rings. The average molecular weight is 593 g/mol. The molecule has 4 heterocycles. The molecule has 0 aromatic carbocycles. The number of H-pyrrole nitrogens is 1. The number of pyridine rings is 1. The van der Waals surface area contributed by atoms with Crippen molar-refractivity contribution in [2.75, 3.05) is 16.9 Å². The molecule has 2 N–H and O–H groups in total. The quantitative estimate of drug-likeness (QED) is 0.250. The average Bonchev–Trinajstić information content (AvgIpc) is 3.59. The summed E-state index contributed by atoms with van der Waals surface area (Å²) in [4.78, 5) is 40.3. The molecule has 34 heavy (non-hydrogen) atoms. The minimum absolute atomic E-state index is 0.0593. The summed E-state index contributed by atoms with van der Waals surface area (Å²) in [6.45, 7) is 7.55. The number of hydrogen-bond donors (Lipinski definition) is 2. The van der Waals surface area contributed by atoms with Crippen LogP contribution in [0.3, 0.4) is 0 Å². The van der Waals surface area contributed by atoms with Crippen LogP contribution in [0.2, 0.25) is 0 Å². The Morgan fingerprint density at radius 3 is 2.53 bits per heavy atom. The largest absolute Gasteiger partial charge is 0.342 e. The van der Waals surface area contributed by atoms with Crippen LogP contribution in [-0.2, 0) is 4.79 Å². The van der Waals surface area contributed by atoms with Crippen LogP contribution in [0.15, 0.2) is 36.9 Å². The van der Waals surface area contributed by atoms with E-state index in [4.69, 9.17) is 0 Å². The molecule has 0 radical (unpaired) electrons. The van der Waals surface area contributed by atoms with Crippen LogP contribution < -0.4 is 10.2 Å². The Morgan fingerprint density at radius 1 is 1.21 bits per heavy atom. The minimum atomic E-state index is -0.360. The third-order valence-electron chi connectivity index (χ3n) is 5.22. The van der Waals surface area contributed by atoms with E-state index in [1.54, 1.807) is 41.7 Å². The fourth-order valence-corrected chi connectivity index (χ4v) is 4.35. The molecule has 0 saturated heterocycles. The normalized spacial score (nSPS) is 11.8. The molecule has 0 spiro atoms. The molecule has 0 bridgehead atoms. The minimum Gasteiger partial charge on any atom is -0.342 e. The topological polar surface area (TPSA) is 108 Å². The summed E-state index contributed by atoms with van der Waals surface area (Å²) < 4.78 is 1.87. The molecule has 1 atom stereocenters. The monoisotopic (exact) mass is 593 g/mol. The Bertz CT molecular complexity index is 1280. The molecule has 0 aliphatic rings. The van der Waals surface area contributed by atoms with Crippen molar-refractivity contribution in [1.29, 1.82) is 0 Å². The number of aromatic nitrogens is 5. The van der Waals surface area contributed by atoms with Crippen molar-refractivity contribution < 1.29 is 9.59 Å². The van der Waals surface area contributed by atoms with Gasteiger partial charge in [0.2, 0.25) is 5.91 Å². The summed E-state index contributed by atoms with van der Waals surface area (Å²) in [7, 11) is 1.71. The number of hydrogen-bond acceptors (Lipinski definition) is 6. The van der Waals surface area contributed by atoms with E-state index in [0.29, 0.717) is 22.7 Å². The van der Waals surface area contributed by atoms with Crippen LogP contribution in [-0.4, -0.2) is 48.4 Å². The van der Waals surface area contributed by atoms with Crippen molar-refractivity contribution in [3.8, 4) is 10.6 Å². The zero-order valence-corrected chi connectivity index (χ0v) is 22.9. The summed E-state index contributed by atoms with van der Waals surface area (Å²) in [5, 5.41) is 9.53. The number of rotatable bonds is 6. The van der Waals surface area contributed by atoms with E-state index in [-0.39, 0.29) is 23.8 Å². The fourth-order valence-electron chi connectivity index (χ4n) is 3.47. The van der Waals surface area contributed by atoms with Gasteiger partial charge in [-0.3, -0.25) is 19.1 Å². The van der Waals surface area contributed by atoms with Gasteiger partial charge in [0.1, 0.15) is 12.2 Å². The van der Waals surface area contributed by atoms with Crippen molar-refractivity contribution in [3.05, 3.63) is 53.2 Å². The van der Waals surface area contributed by atoms with E-state index in [2.05, 4.69) is 48.1 Å². The van der Waals surface area contributed by atoms with Gasteiger partial charge >= 0.3 is 0 Å². The number of fused-ring (bicyclic) bond motifs is 1. The standard InChI is InChI=1S/C22H25N7O2S.CH3I/c1-12(2)22(31)28(5)16-8-15(21(30)26-14(4)19-24-11-25-27-19)10-29-17(9-23-20(16)29)18-7-6-13(3)32-18;1-2/h6-12,14H,1-5H3,(H,26,30)(H,24,25,27);1H3/t14-;/m0./s1. The Hall–Kier alpha value is -2.80. The van der Waals surface area contributed by atoms with E-state index in [1.165, 1.54) is 11.2 Å². The zero-order chi connectivity index (χ0) is 25.0. The Morgan fingerprint density at radius 2 is 1.94 bits per heavy atom. The molecule has 2 amide bonds. The second kappa shape index (κ2) is 11.1. The summed E-state index contributed by atoms with van der Waals surface area (Å²) in [5.74, 6) is 0.0166. The lowest BCUT2D eigenvalue weighted by molar-refractivity contribution is -0.121. The number of halogens is 1. The van der Waals surface area contributed by atoms with Gasteiger partial charge in [-0.2, -0.15) is 5.10 Å². The van der Waals surface area contributed by atoms with Crippen molar-refractivity contribution in [2.45, 2.75) is 33.7 Å². The molecule has 0 saturated carbocycles. The van der Waals surface area contributed by atoms with Crippen molar-refractivity contribution in [3.63, 3.8) is 0 Å². The number of carbonyl (C=O) groups excluding carboxylic acids is 2. The summed E-state index contributed by atoms with van der Waals surface area (Å²) in [5.41, 5.74) is 2.46. The first-order valence-electron chi connectivity index (χ1n) is 10.7. The highest BCUT2D eigenvalue weighted by Crippen LogP contribution is 2.32. The highest BCUT2D eigenvalue weighted by molar-refractivity contribution is 14.1. The third kappa shape index (κ3) is 5.30. The van der Waals surface area contributed by atoms with Crippen molar-refractivity contribution in [2.24, 2.45) is 5.92 Å². The molecular weight excluding hydrogens is 565 g/mol. The maximum Gasteiger partial charge on any atom is 0.253 e. The molecule has 0 unspecified atom stereocenters. The smallest absolute Gasteiger partial charge is 0.253 e. The molecule has 4 aromatic heterocycles. The predicted molar refractivity (Wildman–Crippen MR) is 144 cm³/mol. The van der Waals surface area contributed by atoms with Crippen LogP contribution in [0.1, 0.15) is 47.9 Å². The lowest BCUT2D eigenvalue weighted by Crippen LogP contribution is -2.32. The Labute approximate surface area is 216 Å². The van der Waals surface area contributed by atoms with Crippen LogP contribution in [0.4, 0.5) is 5.69 Å². The maximum absolute atomic E-state index is 13.1. The molecular formula is C23H28IN7O2S. The van der Waals surface area contributed by atoms with Crippen LogP contribution in [0, 0.1) is 12.8 Å². The number of nitrogens with one attached hydrogen (secondary N) is 2. The molecule has 0 aliphatic heterocycles. The molecule has 0 aliphatic carbocycles. The fraction of sp³-hybridized carbons (Fsp3) is 0.348. The van der Waals surface area contributed by atoms with Gasteiger partial charge in [-0.1, -0.05) is 36.4 Å². The Kier molecular flexibility index (Phi) is 8.42. The van der Waals surface area contributed by atoms with Crippen LogP contribution >= 0.6 is 33.9 Å². The number of imidazole rings is 1. The van der Waals surface area contributed by atoms with Gasteiger partial charge in [0.15, 0.2) is 5.65 Å². The zero-order valence-electron chi connectivity index (χ0n) is 20.0. The second-order valence-electron chi connectivity index (χ2n) is 7.98. The van der Waals surface area contributed by atoms with Gasteiger partial charge in [0.25, 0.3) is 5.91 Å². The van der Waals surface area contributed by atoms with E-state index in [9.17, 15) is 9.59 Å². The number of aryl methyl sites for hydroxylation is 1. The van der Waals surface area contributed by atoms with Gasteiger partial charge < -0.3 is 10.2 Å². The molecule has 9 nitrogen and oxygen atoms in total. The Balaban J connectivity index is 0.00000158. The highest BCUT2D eigenvalue weighted by atomic mass is 127. The van der Waals surface area contributed by atoms with Crippen molar-refractivity contribution in [1.82, 2.24) is 29.9 Å². The van der Waals surface area contributed by atoms with Gasteiger partial charge in [-0.15, -0.1) is 11.3 Å². The maximum atomic E-state index is 13.1.